The molecular weight excluding hydrogens is 461 g/mol. The number of rotatable bonds is 5. The van der Waals surface area contributed by atoms with Crippen LogP contribution in [0.1, 0.15) is 24.0 Å². The van der Waals surface area contributed by atoms with E-state index in [4.69, 9.17) is 12.2 Å². The summed E-state index contributed by atoms with van der Waals surface area (Å²) in [5.41, 5.74) is 1.19. The molecule has 0 spiro atoms. The maximum absolute atomic E-state index is 12.3. The second-order valence-electron chi connectivity index (χ2n) is 8.26. The van der Waals surface area contributed by atoms with E-state index in [1.54, 1.807) is 0 Å². The third-order valence-electron chi connectivity index (χ3n) is 6.14. The minimum absolute atomic E-state index is 0.00449. The fraction of sp³-hybridized carbons (Fsp3) is 0.269. The topological polar surface area (TPSA) is 44.7 Å². The van der Waals surface area contributed by atoms with E-state index in [-0.39, 0.29) is 11.7 Å². The summed E-state index contributed by atoms with van der Waals surface area (Å²) in [7, 11) is 0. The minimum Gasteiger partial charge on any atom is -0.406 e. The van der Waals surface area contributed by atoms with Crippen molar-refractivity contribution < 1.29 is 23.0 Å². The van der Waals surface area contributed by atoms with Crippen LogP contribution in [0.15, 0.2) is 84.9 Å². The van der Waals surface area contributed by atoms with Crippen LogP contribution >= 0.6 is 12.2 Å². The number of nitrogens with one attached hydrogen (secondary N) is 1. The van der Waals surface area contributed by atoms with Gasteiger partial charge >= 0.3 is 6.36 Å². The van der Waals surface area contributed by atoms with Crippen LogP contribution in [-0.4, -0.2) is 34.6 Å². The lowest BCUT2D eigenvalue weighted by atomic mass is 9.72. The first kappa shape index (κ1) is 24.0. The smallest absolute Gasteiger partial charge is 0.406 e. The maximum Gasteiger partial charge on any atom is 0.573 e. The predicted octanol–water partition coefficient (Wildman–Crippen LogP) is 5.93. The summed E-state index contributed by atoms with van der Waals surface area (Å²) in [6.45, 7) is 1.29. The third kappa shape index (κ3) is 5.51. The Kier molecular flexibility index (Phi) is 7.09. The molecule has 34 heavy (non-hydrogen) atoms. The number of ether oxygens (including phenoxy) is 1. The van der Waals surface area contributed by atoms with Gasteiger partial charge in [0.05, 0.1) is 0 Å². The van der Waals surface area contributed by atoms with Gasteiger partial charge in [-0.1, -0.05) is 60.7 Å². The van der Waals surface area contributed by atoms with E-state index >= 15 is 0 Å². The quantitative estimate of drug-likeness (QED) is 0.438. The lowest BCUT2D eigenvalue weighted by Crippen LogP contribution is -2.47. The highest BCUT2D eigenvalue weighted by atomic mass is 32.1. The van der Waals surface area contributed by atoms with Gasteiger partial charge in [0, 0.05) is 18.8 Å². The molecule has 1 saturated heterocycles. The number of halogens is 3. The lowest BCUT2D eigenvalue weighted by Gasteiger charge is -2.43. The highest BCUT2D eigenvalue weighted by Crippen LogP contribution is 2.42. The van der Waals surface area contributed by atoms with Crippen LogP contribution in [0.2, 0.25) is 0 Å². The van der Waals surface area contributed by atoms with Gasteiger partial charge in [-0.05, 0) is 66.4 Å². The van der Waals surface area contributed by atoms with Crippen LogP contribution in [0.3, 0.4) is 0 Å². The highest BCUT2D eigenvalue weighted by molar-refractivity contribution is 7.80. The molecule has 0 unspecified atom stereocenters. The Bertz CT molecular complexity index is 1050. The van der Waals surface area contributed by atoms with Crippen molar-refractivity contribution in [2.75, 3.05) is 18.4 Å². The van der Waals surface area contributed by atoms with Crippen LogP contribution in [0.25, 0.3) is 0 Å². The van der Waals surface area contributed by atoms with Crippen molar-refractivity contribution in [3.05, 3.63) is 96.1 Å². The fourth-order valence-electron chi connectivity index (χ4n) is 4.47. The Balaban J connectivity index is 1.42. The van der Waals surface area contributed by atoms with Crippen molar-refractivity contribution in [1.82, 2.24) is 4.90 Å². The highest BCUT2D eigenvalue weighted by Gasteiger charge is 2.41. The van der Waals surface area contributed by atoms with Gasteiger partial charge in [0.1, 0.15) is 11.4 Å². The number of hydrogen-bond donors (Lipinski definition) is 2. The second kappa shape index (κ2) is 10.0. The number of anilines is 1. The zero-order valence-corrected chi connectivity index (χ0v) is 19.1. The number of thiocarbonyl (C=S) groups is 1. The summed E-state index contributed by atoms with van der Waals surface area (Å²) >= 11 is 5.54. The maximum atomic E-state index is 12.3. The Morgan fingerprint density at radius 1 is 0.853 bits per heavy atom. The van der Waals surface area contributed by atoms with Gasteiger partial charge in [0.2, 0.25) is 0 Å². The van der Waals surface area contributed by atoms with Crippen LogP contribution in [0.5, 0.6) is 5.75 Å². The number of benzene rings is 3. The Morgan fingerprint density at radius 2 is 1.35 bits per heavy atom. The van der Waals surface area contributed by atoms with Crippen molar-refractivity contribution in [2.24, 2.45) is 5.92 Å². The average molecular weight is 487 g/mol. The molecule has 0 aromatic heterocycles. The van der Waals surface area contributed by atoms with Crippen LogP contribution in [0.4, 0.5) is 18.9 Å². The molecule has 0 saturated carbocycles. The summed E-state index contributed by atoms with van der Waals surface area (Å²) < 4.78 is 40.9. The van der Waals surface area contributed by atoms with Gasteiger partial charge in [0.15, 0.2) is 5.11 Å². The molecular formula is C26H25F3N2O2S. The van der Waals surface area contributed by atoms with E-state index in [0.29, 0.717) is 23.9 Å². The van der Waals surface area contributed by atoms with E-state index < -0.39 is 12.0 Å². The summed E-state index contributed by atoms with van der Waals surface area (Å²) in [4.78, 5) is 2.02. The molecule has 0 atom stereocenters. The molecule has 3 aromatic carbocycles. The normalized spacial score (nSPS) is 15.1. The van der Waals surface area contributed by atoms with E-state index in [1.165, 1.54) is 24.3 Å². The SMILES string of the molecule is OC(c1ccccc1)(c1ccccc1)C1CCN(C(=S)Nc2ccc(OC(F)(F)F)cc2)CC1. The number of aliphatic hydroxyl groups is 1. The number of alkyl halides is 3. The van der Waals surface area contributed by atoms with Gasteiger partial charge in [-0.25, -0.2) is 0 Å². The Hall–Kier alpha value is -3.10. The van der Waals surface area contributed by atoms with Crippen molar-refractivity contribution in [2.45, 2.75) is 24.8 Å². The Labute approximate surface area is 202 Å². The molecule has 1 aliphatic rings. The molecule has 0 bridgehead atoms. The van der Waals surface area contributed by atoms with Gasteiger partial charge < -0.3 is 20.1 Å². The molecule has 178 valence electrons. The molecule has 8 heteroatoms. The van der Waals surface area contributed by atoms with Crippen molar-refractivity contribution in [3.63, 3.8) is 0 Å². The largest absolute Gasteiger partial charge is 0.573 e. The molecule has 3 aromatic rings. The molecule has 0 amide bonds. The first-order valence-corrected chi connectivity index (χ1v) is 11.4. The first-order chi connectivity index (χ1) is 16.3. The minimum atomic E-state index is -4.73. The standard InChI is InChI=1S/C26H25F3N2O2S/c27-26(28,29)33-23-13-11-22(12-14-23)30-24(34)31-17-15-21(16-18-31)25(32,19-7-3-1-4-8-19)20-9-5-2-6-10-20/h1-14,21,32H,15-18H2,(H,30,34). The van der Waals surface area contributed by atoms with Gasteiger partial charge in [-0.15, -0.1) is 13.2 Å². The van der Waals surface area contributed by atoms with Gasteiger partial charge in [-0.2, -0.15) is 0 Å². The first-order valence-electron chi connectivity index (χ1n) is 11.0. The average Bonchev–Trinajstić information content (AvgIpc) is 2.85. The van der Waals surface area contributed by atoms with E-state index in [0.717, 1.165) is 24.0 Å². The Morgan fingerprint density at radius 3 is 1.82 bits per heavy atom. The molecule has 0 radical (unpaired) electrons. The number of hydrogen-bond acceptors (Lipinski definition) is 3. The number of nitrogens with zero attached hydrogens (tertiary/aromatic N) is 1. The van der Waals surface area contributed by atoms with E-state index in [2.05, 4.69) is 10.1 Å². The molecule has 2 N–H and O–H groups in total. The second-order valence-corrected chi connectivity index (χ2v) is 8.65. The molecule has 4 nitrogen and oxygen atoms in total. The summed E-state index contributed by atoms with van der Waals surface area (Å²) in [5, 5.41) is 15.6. The molecule has 0 aliphatic carbocycles. The van der Waals surface area contributed by atoms with Gasteiger partial charge in [0.25, 0.3) is 0 Å². The van der Waals surface area contributed by atoms with Crippen LogP contribution in [-0.2, 0) is 5.60 Å². The lowest BCUT2D eigenvalue weighted by molar-refractivity contribution is -0.274. The fourth-order valence-corrected chi connectivity index (χ4v) is 4.77. The van der Waals surface area contributed by atoms with Crippen LogP contribution in [0, 0.1) is 5.92 Å². The molecule has 1 heterocycles. The summed E-state index contributed by atoms with van der Waals surface area (Å²) in [5.74, 6) is -0.291. The van der Waals surface area contributed by atoms with Crippen LogP contribution < -0.4 is 10.1 Å². The van der Waals surface area contributed by atoms with E-state index in [1.807, 2.05) is 65.6 Å². The number of piperidine rings is 1. The zero-order chi connectivity index (χ0) is 24.2. The monoisotopic (exact) mass is 486 g/mol. The van der Waals surface area contributed by atoms with Gasteiger partial charge in [-0.3, -0.25) is 0 Å². The predicted molar refractivity (Wildman–Crippen MR) is 130 cm³/mol. The number of likely N-dealkylation sites (tertiary alicyclic amines) is 1. The summed E-state index contributed by atoms with van der Waals surface area (Å²) in [6.07, 6.45) is -3.28. The zero-order valence-electron chi connectivity index (χ0n) is 18.3. The molecule has 4 rings (SSSR count). The van der Waals surface area contributed by atoms with Crippen molar-refractivity contribution >= 4 is 23.0 Å². The third-order valence-corrected chi connectivity index (χ3v) is 6.50. The molecule has 1 aliphatic heterocycles. The summed E-state index contributed by atoms with van der Waals surface area (Å²) in [6, 6.07) is 24.9. The van der Waals surface area contributed by atoms with E-state index in [9.17, 15) is 18.3 Å². The van der Waals surface area contributed by atoms with Crippen molar-refractivity contribution in [1.29, 1.82) is 0 Å². The van der Waals surface area contributed by atoms with Crippen molar-refractivity contribution in [3.8, 4) is 5.75 Å². The molecule has 1 fully saturated rings.